The first-order valence-electron chi connectivity index (χ1n) is 5.92. The fraction of sp³-hybridized carbons (Fsp3) is 0.286. The summed E-state index contributed by atoms with van der Waals surface area (Å²) in [5, 5.41) is 4.75. The van der Waals surface area contributed by atoms with Crippen LogP contribution < -0.4 is 5.32 Å². The molecule has 1 aromatic carbocycles. The van der Waals surface area contributed by atoms with E-state index in [0.717, 1.165) is 10.8 Å². The normalized spacial score (nSPS) is 10.9. The molecular formula is C14H16N2O3. The predicted octanol–water partition coefficient (Wildman–Crippen LogP) is 1.58. The van der Waals surface area contributed by atoms with Gasteiger partial charge in [-0.05, 0) is 23.6 Å². The van der Waals surface area contributed by atoms with E-state index in [-0.39, 0.29) is 5.91 Å². The number of hydrogen-bond donors (Lipinski definition) is 1. The summed E-state index contributed by atoms with van der Waals surface area (Å²) < 4.78 is 10.0. The quantitative estimate of drug-likeness (QED) is 0.829. The van der Waals surface area contributed by atoms with Gasteiger partial charge in [0.15, 0.2) is 6.29 Å². The maximum absolute atomic E-state index is 12.0. The van der Waals surface area contributed by atoms with Gasteiger partial charge in [0.1, 0.15) is 0 Å². The number of benzene rings is 1. The van der Waals surface area contributed by atoms with Gasteiger partial charge in [0.2, 0.25) is 0 Å². The summed E-state index contributed by atoms with van der Waals surface area (Å²) in [5.74, 6) is -0.155. The number of amides is 1. The van der Waals surface area contributed by atoms with E-state index in [2.05, 4.69) is 10.3 Å². The number of nitrogens with one attached hydrogen (secondary N) is 1. The number of nitrogens with zero attached hydrogens (tertiary/aromatic N) is 1. The molecule has 100 valence electrons. The van der Waals surface area contributed by atoms with Crippen LogP contribution in [0.4, 0.5) is 0 Å². The van der Waals surface area contributed by atoms with E-state index in [9.17, 15) is 4.79 Å². The topological polar surface area (TPSA) is 60.5 Å². The molecule has 2 rings (SSSR count). The number of pyridine rings is 1. The first kappa shape index (κ1) is 13.5. The number of carbonyl (C=O) groups excluding carboxylic acids is 1. The number of fused-ring (bicyclic) bond motifs is 1. The molecule has 0 radical (unpaired) electrons. The molecule has 0 saturated heterocycles. The second kappa shape index (κ2) is 6.26. The minimum Gasteiger partial charge on any atom is -0.354 e. The van der Waals surface area contributed by atoms with Crippen LogP contribution in [0, 0.1) is 0 Å². The van der Waals surface area contributed by atoms with Crippen molar-refractivity contribution in [3.8, 4) is 0 Å². The lowest BCUT2D eigenvalue weighted by molar-refractivity contribution is -0.0974. The second-order valence-corrected chi connectivity index (χ2v) is 4.05. The van der Waals surface area contributed by atoms with Gasteiger partial charge in [0, 0.05) is 37.6 Å². The minimum absolute atomic E-state index is 0.155. The third kappa shape index (κ3) is 3.27. The second-order valence-electron chi connectivity index (χ2n) is 4.05. The van der Waals surface area contributed by atoms with Crippen LogP contribution in [-0.4, -0.2) is 37.9 Å². The van der Waals surface area contributed by atoms with E-state index in [0.29, 0.717) is 12.1 Å². The van der Waals surface area contributed by atoms with Gasteiger partial charge in [-0.3, -0.25) is 9.78 Å². The highest BCUT2D eigenvalue weighted by atomic mass is 16.7. The smallest absolute Gasteiger partial charge is 0.251 e. The Hall–Kier alpha value is -1.98. The maximum Gasteiger partial charge on any atom is 0.251 e. The summed E-state index contributed by atoms with van der Waals surface area (Å²) in [6.45, 7) is 0.306. The summed E-state index contributed by atoms with van der Waals surface area (Å²) in [5.41, 5.74) is 0.602. The summed E-state index contributed by atoms with van der Waals surface area (Å²) >= 11 is 0. The van der Waals surface area contributed by atoms with Gasteiger partial charge < -0.3 is 14.8 Å². The summed E-state index contributed by atoms with van der Waals surface area (Å²) in [6.07, 6.45) is 3.03. The standard InChI is InChI=1S/C14H16N2O3/c1-18-13(19-2)9-16-14(17)11-3-4-12-8-15-6-5-10(12)7-11/h3-8,13H,9H2,1-2H3,(H,16,17). The van der Waals surface area contributed by atoms with Crippen molar-refractivity contribution in [3.05, 3.63) is 42.2 Å². The van der Waals surface area contributed by atoms with Crippen LogP contribution in [0.1, 0.15) is 10.4 Å². The molecule has 0 fully saturated rings. The molecule has 0 unspecified atom stereocenters. The van der Waals surface area contributed by atoms with Gasteiger partial charge in [-0.25, -0.2) is 0 Å². The van der Waals surface area contributed by atoms with Gasteiger partial charge in [0.05, 0.1) is 6.54 Å². The molecule has 0 bridgehead atoms. The van der Waals surface area contributed by atoms with Gasteiger partial charge >= 0.3 is 0 Å². The Labute approximate surface area is 111 Å². The van der Waals surface area contributed by atoms with Gasteiger partial charge in [-0.1, -0.05) is 6.07 Å². The number of carbonyl (C=O) groups is 1. The van der Waals surface area contributed by atoms with E-state index in [1.165, 1.54) is 14.2 Å². The molecule has 19 heavy (non-hydrogen) atoms. The SMILES string of the molecule is COC(CNC(=O)c1ccc2cnccc2c1)OC. The van der Waals surface area contributed by atoms with Gasteiger partial charge in [-0.2, -0.15) is 0 Å². The number of aromatic nitrogens is 1. The average Bonchev–Trinajstić information content (AvgIpc) is 2.47. The van der Waals surface area contributed by atoms with E-state index in [4.69, 9.17) is 9.47 Å². The fourth-order valence-electron chi connectivity index (χ4n) is 1.77. The first-order chi connectivity index (χ1) is 9.24. The minimum atomic E-state index is -0.436. The molecule has 0 aliphatic carbocycles. The molecule has 1 N–H and O–H groups in total. The van der Waals surface area contributed by atoms with Crippen molar-refractivity contribution >= 4 is 16.7 Å². The zero-order valence-electron chi connectivity index (χ0n) is 10.9. The van der Waals surface area contributed by atoms with Crippen LogP contribution in [0.2, 0.25) is 0 Å². The van der Waals surface area contributed by atoms with Crippen molar-refractivity contribution in [3.63, 3.8) is 0 Å². The summed E-state index contributed by atoms with van der Waals surface area (Å²) in [6, 6.07) is 7.36. The lowest BCUT2D eigenvalue weighted by Crippen LogP contribution is -2.34. The fourth-order valence-corrected chi connectivity index (χ4v) is 1.77. The zero-order chi connectivity index (χ0) is 13.7. The van der Waals surface area contributed by atoms with Gasteiger partial charge in [-0.15, -0.1) is 0 Å². The molecule has 0 atom stereocenters. The third-order valence-electron chi connectivity index (χ3n) is 2.86. The Balaban J connectivity index is 2.09. The van der Waals surface area contributed by atoms with Crippen molar-refractivity contribution in [2.45, 2.75) is 6.29 Å². The highest BCUT2D eigenvalue weighted by Crippen LogP contribution is 2.14. The van der Waals surface area contributed by atoms with E-state index < -0.39 is 6.29 Å². The molecule has 5 heteroatoms. The molecule has 1 amide bonds. The molecule has 1 aromatic heterocycles. The Bertz CT molecular complexity index is 567. The Kier molecular flexibility index (Phi) is 4.43. The molecule has 2 aromatic rings. The Morgan fingerprint density at radius 2 is 2.05 bits per heavy atom. The van der Waals surface area contributed by atoms with E-state index >= 15 is 0 Å². The largest absolute Gasteiger partial charge is 0.354 e. The van der Waals surface area contributed by atoms with Crippen molar-refractivity contribution in [2.75, 3.05) is 20.8 Å². The summed E-state index contributed by atoms with van der Waals surface area (Å²) in [7, 11) is 3.06. The van der Waals surface area contributed by atoms with Gasteiger partial charge in [0.25, 0.3) is 5.91 Å². The van der Waals surface area contributed by atoms with Crippen molar-refractivity contribution in [1.29, 1.82) is 0 Å². The van der Waals surface area contributed by atoms with Crippen LogP contribution in [0.25, 0.3) is 10.8 Å². The molecule has 0 saturated carbocycles. The predicted molar refractivity (Wildman–Crippen MR) is 71.9 cm³/mol. The van der Waals surface area contributed by atoms with Crippen LogP contribution in [0.15, 0.2) is 36.7 Å². The third-order valence-corrected chi connectivity index (χ3v) is 2.86. The Morgan fingerprint density at radius 1 is 1.26 bits per heavy atom. The first-order valence-corrected chi connectivity index (χ1v) is 5.92. The zero-order valence-corrected chi connectivity index (χ0v) is 10.9. The van der Waals surface area contributed by atoms with Crippen LogP contribution in [0.3, 0.4) is 0 Å². The molecular weight excluding hydrogens is 244 g/mol. The van der Waals surface area contributed by atoms with E-state index in [1.54, 1.807) is 18.5 Å². The number of rotatable bonds is 5. The monoisotopic (exact) mass is 260 g/mol. The maximum atomic E-state index is 12.0. The number of ether oxygens (including phenoxy) is 2. The summed E-state index contributed by atoms with van der Waals surface area (Å²) in [4.78, 5) is 16.0. The van der Waals surface area contributed by atoms with Crippen molar-refractivity contribution in [1.82, 2.24) is 10.3 Å². The van der Waals surface area contributed by atoms with Crippen LogP contribution in [0.5, 0.6) is 0 Å². The van der Waals surface area contributed by atoms with Crippen LogP contribution >= 0.6 is 0 Å². The molecule has 5 nitrogen and oxygen atoms in total. The highest BCUT2D eigenvalue weighted by molar-refractivity contribution is 5.98. The number of methoxy groups -OCH3 is 2. The molecule has 1 heterocycles. The lowest BCUT2D eigenvalue weighted by atomic mass is 10.1. The Morgan fingerprint density at radius 3 is 2.79 bits per heavy atom. The van der Waals surface area contributed by atoms with E-state index in [1.807, 2.05) is 18.2 Å². The number of hydrogen-bond acceptors (Lipinski definition) is 4. The van der Waals surface area contributed by atoms with Crippen molar-refractivity contribution < 1.29 is 14.3 Å². The molecule has 0 aliphatic heterocycles. The van der Waals surface area contributed by atoms with Crippen molar-refractivity contribution in [2.24, 2.45) is 0 Å². The average molecular weight is 260 g/mol. The van der Waals surface area contributed by atoms with Crippen LogP contribution in [-0.2, 0) is 9.47 Å². The lowest BCUT2D eigenvalue weighted by Gasteiger charge is -2.14. The molecule has 0 spiro atoms. The molecule has 0 aliphatic rings. The highest BCUT2D eigenvalue weighted by Gasteiger charge is 2.10.